The third-order valence-electron chi connectivity index (χ3n) is 3.42. The highest BCUT2D eigenvalue weighted by molar-refractivity contribution is 6.30. The summed E-state index contributed by atoms with van der Waals surface area (Å²) in [5, 5.41) is 4.40. The lowest BCUT2D eigenvalue weighted by atomic mass is 10.1. The van der Waals surface area contributed by atoms with Gasteiger partial charge in [-0.2, -0.15) is 0 Å². The summed E-state index contributed by atoms with van der Waals surface area (Å²) in [5.41, 5.74) is 2.83. The molecule has 1 aliphatic carbocycles. The van der Waals surface area contributed by atoms with Gasteiger partial charge in [0, 0.05) is 24.2 Å². The van der Waals surface area contributed by atoms with Crippen molar-refractivity contribution >= 4 is 11.6 Å². The third kappa shape index (κ3) is 3.98. The molecule has 1 unspecified atom stereocenters. The van der Waals surface area contributed by atoms with Crippen molar-refractivity contribution in [3.8, 4) is 0 Å². The van der Waals surface area contributed by atoms with Gasteiger partial charge in [-0.3, -0.25) is 0 Å². The molecular formula is C15H22ClNO. The van der Waals surface area contributed by atoms with Gasteiger partial charge in [0.1, 0.15) is 0 Å². The molecule has 18 heavy (non-hydrogen) atoms. The van der Waals surface area contributed by atoms with Crippen LogP contribution in [0.4, 0.5) is 0 Å². The molecule has 1 N–H and O–H groups in total. The van der Waals surface area contributed by atoms with Crippen molar-refractivity contribution in [2.24, 2.45) is 0 Å². The molecule has 0 heterocycles. The van der Waals surface area contributed by atoms with E-state index in [4.69, 9.17) is 16.3 Å². The van der Waals surface area contributed by atoms with Crippen molar-refractivity contribution < 1.29 is 4.74 Å². The van der Waals surface area contributed by atoms with E-state index >= 15 is 0 Å². The van der Waals surface area contributed by atoms with Crippen molar-refractivity contribution in [2.45, 2.75) is 38.6 Å². The Hall–Kier alpha value is -0.570. The number of ether oxygens (including phenoxy) is 1. The van der Waals surface area contributed by atoms with E-state index < -0.39 is 0 Å². The number of hydrogen-bond donors (Lipinski definition) is 1. The first-order valence-electron chi connectivity index (χ1n) is 6.88. The molecule has 0 saturated carbocycles. The number of fused-ring (bicyclic) bond motifs is 1. The Morgan fingerprint density at radius 2 is 2.11 bits per heavy atom. The van der Waals surface area contributed by atoms with Gasteiger partial charge in [0.15, 0.2) is 0 Å². The molecule has 0 aliphatic heterocycles. The maximum Gasteiger partial charge on any atom is 0.0591 e. The van der Waals surface area contributed by atoms with Gasteiger partial charge < -0.3 is 10.1 Å². The highest BCUT2D eigenvalue weighted by Crippen LogP contribution is 2.25. The van der Waals surface area contributed by atoms with Crippen LogP contribution in [0.15, 0.2) is 18.2 Å². The topological polar surface area (TPSA) is 21.3 Å². The van der Waals surface area contributed by atoms with Crippen LogP contribution in [0.25, 0.3) is 0 Å². The third-order valence-corrected chi connectivity index (χ3v) is 3.66. The first-order valence-corrected chi connectivity index (χ1v) is 7.26. The summed E-state index contributed by atoms with van der Waals surface area (Å²) in [6.45, 7) is 4.82. The highest BCUT2D eigenvalue weighted by Gasteiger charge is 2.20. The standard InChI is InChI=1S/C15H22ClNO/c1-2-3-7-18-8-6-17-15-10-12-4-5-14(16)9-13(12)11-15/h4-5,9,15,17H,2-3,6-8,10-11H2,1H3. The molecule has 0 saturated heterocycles. The first-order chi connectivity index (χ1) is 8.79. The van der Waals surface area contributed by atoms with E-state index in [0.29, 0.717) is 6.04 Å². The fraction of sp³-hybridized carbons (Fsp3) is 0.600. The molecule has 2 nitrogen and oxygen atoms in total. The van der Waals surface area contributed by atoms with Crippen LogP contribution in [0.3, 0.4) is 0 Å². The Morgan fingerprint density at radius 3 is 2.94 bits per heavy atom. The minimum absolute atomic E-state index is 0.549. The predicted octanol–water partition coefficient (Wildman–Crippen LogP) is 3.21. The van der Waals surface area contributed by atoms with Crippen LogP contribution in [0.1, 0.15) is 30.9 Å². The van der Waals surface area contributed by atoms with Crippen LogP contribution in [0.2, 0.25) is 5.02 Å². The van der Waals surface area contributed by atoms with E-state index in [9.17, 15) is 0 Å². The van der Waals surface area contributed by atoms with Gasteiger partial charge in [0.2, 0.25) is 0 Å². The van der Waals surface area contributed by atoms with Crippen molar-refractivity contribution in [3.05, 3.63) is 34.3 Å². The zero-order chi connectivity index (χ0) is 12.8. The molecule has 0 radical (unpaired) electrons. The number of hydrogen-bond acceptors (Lipinski definition) is 2. The van der Waals surface area contributed by atoms with Crippen LogP contribution >= 0.6 is 11.6 Å². The van der Waals surface area contributed by atoms with Crippen LogP contribution in [-0.4, -0.2) is 25.8 Å². The average molecular weight is 268 g/mol. The molecule has 1 aliphatic rings. The molecule has 1 atom stereocenters. The van der Waals surface area contributed by atoms with Crippen molar-refractivity contribution in [1.82, 2.24) is 5.32 Å². The molecule has 1 aromatic carbocycles. The fourth-order valence-corrected chi connectivity index (χ4v) is 2.61. The van der Waals surface area contributed by atoms with Crippen LogP contribution in [-0.2, 0) is 17.6 Å². The number of rotatable bonds is 7. The van der Waals surface area contributed by atoms with Gasteiger partial charge in [-0.1, -0.05) is 31.0 Å². The molecule has 2 rings (SSSR count). The van der Waals surface area contributed by atoms with Crippen LogP contribution < -0.4 is 5.32 Å². The van der Waals surface area contributed by atoms with Crippen LogP contribution in [0, 0.1) is 0 Å². The molecule has 0 amide bonds. The summed E-state index contributed by atoms with van der Waals surface area (Å²) in [6.07, 6.45) is 4.56. The van der Waals surface area contributed by atoms with E-state index in [1.54, 1.807) is 0 Å². The van der Waals surface area contributed by atoms with Gasteiger partial charge in [-0.05, 0) is 42.5 Å². The van der Waals surface area contributed by atoms with E-state index in [1.165, 1.54) is 17.5 Å². The van der Waals surface area contributed by atoms with E-state index in [2.05, 4.69) is 24.4 Å². The second kappa shape index (κ2) is 7.13. The Morgan fingerprint density at radius 1 is 1.28 bits per heavy atom. The molecule has 3 heteroatoms. The highest BCUT2D eigenvalue weighted by atomic mass is 35.5. The lowest BCUT2D eigenvalue weighted by molar-refractivity contribution is 0.131. The molecule has 0 fully saturated rings. The number of unbranched alkanes of at least 4 members (excludes halogenated alkanes) is 1. The number of halogens is 1. The first kappa shape index (κ1) is 13.9. The Balaban J connectivity index is 1.65. The summed E-state index contributed by atoms with van der Waals surface area (Å²) >= 11 is 6.01. The van der Waals surface area contributed by atoms with Crippen molar-refractivity contribution in [1.29, 1.82) is 0 Å². The van der Waals surface area contributed by atoms with Gasteiger partial charge in [-0.25, -0.2) is 0 Å². The monoisotopic (exact) mass is 267 g/mol. The van der Waals surface area contributed by atoms with E-state index in [-0.39, 0.29) is 0 Å². The SMILES string of the molecule is CCCCOCCNC1Cc2ccc(Cl)cc2C1. The maximum absolute atomic E-state index is 6.01. The second-order valence-electron chi connectivity index (χ2n) is 4.94. The zero-order valence-electron chi connectivity index (χ0n) is 11.0. The maximum atomic E-state index is 6.01. The normalized spacial score (nSPS) is 18.0. The van der Waals surface area contributed by atoms with E-state index in [0.717, 1.165) is 44.0 Å². The molecule has 0 aromatic heterocycles. The smallest absolute Gasteiger partial charge is 0.0591 e. The lowest BCUT2D eigenvalue weighted by Gasteiger charge is -2.11. The summed E-state index contributed by atoms with van der Waals surface area (Å²) in [6, 6.07) is 6.78. The number of nitrogens with one attached hydrogen (secondary N) is 1. The van der Waals surface area contributed by atoms with E-state index in [1.807, 2.05) is 6.07 Å². The van der Waals surface area contributed by atoms with Crippen molar-refractivity contribution in [3.63, 3.8) is 0 Å². The molecule has 1 aromatic rings. The van der Waals surface area contributed by atoms with Gasteiger partial charge in [0.05, 0.1) is 6.61 Å². The van der Waals surface area contributed by atoms with Crippen molar-refractivity contribution in [2.75, 3.05) is 19.8 Å². The Labute approximate surface area is 115 Å². The lowest BCUT2D eigenvalue weighted by Crippen LogP contribution is -2.32. The Bertz CT molecular complexity index is 381. The minimum Gasteiger partial charge on any atom is -0.380 e. The van der Waals surface area contributed by atoms with Crippen LogP contribution in [0.5, 0.6) is 0 Å². The predicted molar refractivity (Wildman–Crippen MR) is 76.4 cm³/mol. The van der Waals surface area contributed by atoms with Gasteiger partial charge in [-0.15, -0.1) is 0 Å². The van der Waals surface area contributed by atoms with Gasteiger partial charge >= 0.3 is 0 Å². The largest absolute Gasteiger partial charge is 0.380 e. The summed E-state index contributed by atoms with van der Waals surface area (Å²) in [7, 11) is 0. The second-order valence-corrected chi connectivity index (χ2v) is 5.37. The Kier molecular flexibility index (Phi) is 5.48. The number of benzene rings is 1. The molecule has 100 valence electrons. The quantitative estimate of drug-likeness (QED) is 0.766. The van der Waals surface area contributed by atoms with Gasteiger partial charge in [0.25, 0.3) is 0 Å². The molecule has 0 spiro atoms. The summed E-state index contributed by atoms with van der Waals surface area (Å²) < 4.78 is 5.55. The molecule has 0 bridgehead atoms. The minimum atomic E-state index is 0.549. The summed E-state index contributed by atoms with van der Waals surface area (Å²) in [4.78, 5) is 0. The molecular weight excluding hydrogens is 246 g/mol. The fourth-order valence-electron chi connectivity index (χ4n) is 2.41. The summed E-state index contributed by atoms with van der Waals surface area (Å²) in [5.74, 6) is 0. The average Bonchev–Trinajstić information content (AvgIpc) is 2.75. The zero-order valence-corrected chi connectivity index (χ0v) is 11.8.